The monoisotopic (exact) mass is 496 g/mol. The van der Waals surface area contributed by atoms with Crippen LogP contribution in [-0.2, 0) is 11.3 Å². The van der Waals surface area contributed by atoms with E-state index < -0.39 is 6.10 Å². The average Bonchev–Trinajstić information content (AvgIpc) is 2.90. The van der Waals surface area contributed by atoms with Gasteiger partial charge in [-0.15, -0.1) is 0 Å². The standard InChI is InChI=1S/C26H32N4O4S/c1-17(25(31)29-15-20-23(32-2)10-7-11-24(20)33-3)34-26-22(28-14-19(27)16-35)13-12-21(30-26)18-8-5-4-6-9-18/h4-13,17,19,28,35H,14-16,27H2,1-3H3,(H,29,31). The summed E-state index contributed by atoms with van der Waals surface area (Å²) < 4.78 is 16.8. The van der Waals surface area contributed by atoms with Crippen LogP contribution in [0.5, 0.6) is 17.4 Å². The number of amides is 1. The van der Waals surface area contributed by atoms with Crippen molar-refractivity contribution < 1.29 is 19.0 Å². The molecule has 0 saturated heterocycles. The van der Waals surface area contributed by atoms with Crippen LogP contribution in [0, 0.1) is 0 Å². The number of carbonyl (C=O) groups excluding carboxylic acids is 1. The molecule has 3 aromatic rings. The van der Waals surface area contributed by atoms with Crippen molar-refractivity contribution in [2.45, 2.75) is 25.6 Å². The molecule has 1 heterocycles. The molecule has 0 aliphatic heterocycles. The zero-order valence-corrected chi connectivity index (χ0v) is 21.0. The number of carbonyl (C=O) groups is 1. The number of anilines is 1. The maximum Gasteiger partial charge on any atom is 0.261 e. The summed E-state index contributed by atoms with van der Waals surface area (Å²) >= 11 is 4.23. The van der Waals surface area contributed by atoms with Crippen LogP contribution >= 0.6 is 12.6 Å². The van der Waals surface area contributed by atoms with E-state index in [0.717, 1.165) is 16.8 Å². The molecular weight excluding hydrogens is 464 g/mol. The molecule has 2 unspecified atom stereocenters. The van der Waals surface area contributed by atoms with E-state index in [-0.39, 0.29) is 18.5 Å². The van der Waals surface area contributed by atoms with Crippen LogP contribution in [0.3, 0.4) is 0 Å². The Morgan fingerprint density at radius 2 is 1.71 bits per heavy atom. The van der Waals surface area contributed by atoms with E-state index in [1.807, 2.05) is 60.7 Å². The first-order chi connectivity index (χ1) is 17.0. The van der Waals surface area contributed by atoms with Gasteiger partial charge in [0.05, 0.1) is 37.7 Å². The summed E-state index contributed by atoms with van der Waals surface area (Å²) in [4.78, 5) is 17.6. The number of benzene rings is 2. The normalized spacial score (nSPS) is 12.4. The van der Waals surface area contributed by atoms with Crippen LogP contribution in [0.1, 0.15) is 12.5 Å². The number of nitrogens with two attached hydrogens (primary N) is 1. The van der Waals surface area contributed by atoms with Gasteiger partial charge in [-0.05, 0) is 31.2 Å². The van der Waals surface area contributed by atoms with Crippen LogP contribution < -0.4 is 30.6 Å². The van der Waals surface area contributed by atoms with Crippen LogP contribution in [0.4, 0.5) is 5.69 Å². The van der Waals surface area contributed by atoms with Crippen molar-refractivity contribution in [2.75, 3.05) is 31.8 Å². The van der Waals surface area contributed by atoms with Gasteiger partial charge in [0.25, 0.3) is 5.91 Å². The first-order valence-electron chi connectivity index (χ1n) is 11.3. The Hall–Kier alpha value is -3.43. The van der Waals surface area contributed by atoms with Crippen molar-refractivity contribution >= 4 is 24.2 Å². The molecule has 35 heavy (non-hydrogen) atoms. The molecule has 8 nitrogen and oxygen atoms in total. The average molecular weight is 497 g/mol. The molecule has 0 aliphatic carbocycles. The number of rotatable bonds is 12. The zero-order valence-electron chi connectivity index (χ0n) is 20.2. The Labute approximate surface area is 211 Å². The molecule has 0 bridgehead atoms. The summed E-state index contributed by atoms with van der Waals surface area (Å²) in [6.07, 6.45) is -0.812. The number of ether oxygens (including phenoxy) is 3. The van der Waals surface area contributed by atoms with Gasteiger partial charge in [-0.3, -0.25) is 4.79 Å². The van der Waals surface area contributed by atoms with Gasteiger partial charge in [-0.25, -0.2) is 4.98 Å². The number of pyridine rings is 1. The number of nitrogens with one attached hydrogen (secondary N) is 2. The van der Waals surface area contributed by atoms with E-state index >= 15 is 0 Å². The predicted molar refractivity (Wildman–Crippen MR) is 141 cm³/mol. The number of aromatic nitrogens is 1. The second-order valence-electron chi connectivity index (χ2n) is 7.86. The Morgan fingerprint density at radius 1 is 1.03 bits per heavy atom. The molecule has 0 aliphatic rings. The number of nitrogens with zero attached hydrogens (tertiary/aromatic N) is 1. The lowest BCUT2D eigenvalue weighted by molar-refractivity contribution is -0.127. The minimum absolute atomic E-state index is 0.142. The lowest BCUT2D eigenvalue weighted by Crippen LogP contribution is -2.36. The van der Waals surface area contributed by atoms with Crippen molar-refractivity contribution in [3.8, 4) is 28.6 Å². The topological polar surface area (TPSA) is 108 Å². The summed E-state index contributed by atoms with van der Waals surface area (Å²) in [7, 11) is 3.15. The van der Waals surface area contributed by atoms with Gasteiger partial charge in [-0.1, -0.05) is 36.4 Å². The number of thiol groups is 1. The molecular formula is C26H32N4O4S. The maximum absolute atomic E-state index is 12.9. The minimum Gasteiger partial charge on any atom is -0.496 e. The van der Waals surface area contributed by atoms with Crippen molar-refractivity contribution in [1.29, 1.82) is 0 Å². The highest BCUT2D eigenvalue weighted by Crippen LogP contribution is 2.29. The van der Waals surface area contributed by atoms with Crippen LogP contribution in [-0.4, -0.2) is 49.6 Å². The van der Waals surface area contributed by atoms with Crippen molar-refractivity contribution in [3.05, 3.63) is 66.2 Å². The lowest BCUT2D eigenvalue weighted by atomic mass is 10.1. The van der Waals surface area contributed by atoms with Gasteiger partial charge in [0.15, 0.2) is 6.10 Å². The third-order valence-electron chi connectivity index (χ3n) is 5.35. The fourth-order valence-corrected chi connectivity index (χ4v) is 3.51. The van der Waals surface area contributed by atoms with E-state index in [2.05, 4.69) is 28.2 Å². The minimum atomic E-state index is -0.812. The molecule has 9 heteroatoms. The molecule has 4 N–H and O–H groups in total. The second-order valence-corrected chi connectivity index (χ2v) is 8.22. The van der Waals surface area contributed by atoms with E-state index in [1.54, 1.807) is 21.1 Å². The highest BCUT2D eigenvalue weighted by Gasteiger charge is 2.20. The smallest absolute Gasteiger partial charge is 0.261 e. The van der Waals surface area contributed by atoms with Gasteiger partial charge in [0, 0.05) is 23.9 Å². The van der Waals surface area contributed by atoms with Crippen LogP contribution in [0.2, 0.25) is 0 Å². The maximum atomic E-state index is 12.9. The van der Waals surface area contributed by atoms with Crippen LogP contribution in [0.25, 0.3) is 11.3 Å². The zero-order chi connectivity index (χ0) is 25.2. The first kappa shape index (κ1) is 26.2. The number of hydrogen-bond acceptors (Lipinski definition) is 8. The molecule has 2 aromatic carbocycles. The second kappa shape index (κ2) is 12.9. The summed E-state index contributed by atoms with van der Waals surface area (Å²) in [6.45, 7) is 2.38. The molecule has 3 rings (SSSR count). The molecule has 1 amide bonds. The van der Waals surface area contributed by atoms with Crippen molar-refractivity contribution in [2.24, 2.45) is 5.73 Å². The highest BCUT2D eigenvalue weighted by atomic mass is 32.1. The number of hydrogen-bond donors (Lipinski definition) is 4. The van der Waals surface area contributed by atoms with Gasteiger partial charge in [-0.2, -0.15) is 12.6 Å². The molecule has 0 spiro atoms. The van der Waals surface area contributed by atoms with E-state index in [9.17, 15) is 4.79 Å². The van der Waals surface area contributed by atoms with Gasteiger partial charge < -0.3 is 30.6 Å². The Balaban J connectivity index is 1.77. The highest BCUT2D eigenvalue weighted by molar-refractivity contribution is 7.80. The quantitative estimate of drug-likeness (QED) is 0.284. The lowest BCUT2D eigenvalue weighted by Gasteiger charge is -2.19. The summed E-state index contributed by atoms with van der Waals surface area (Å²) in [5.41, 5.74) is 9.06. The van der Waals surface area contributed by atoms with Crippen molar-refractivity contribution in [1.82, 2.24) is 10.3 Å². The number of methoxy groups -OCH3 is 2. The molecule has 186 valence electrons. The third-order valence-corrected chi connectivity index (χ3v) is 5.81. The van der Waals surface area contributed by atoms with E-state index in [0.29, 0.717) is 35.4 Å². The molecule has 0 fully saturated rings. The predicted octanol–water partition coefficient (Wildman–Crippen LogP) is 3.52. The Morgan fingerprint density at radius 3 is 2.34 bits per heavy atom. The molecule has 0 saturated carbocycles. The fraction of sp³-hybridized carbons (Fsp3) is 0.308. The summed E-state index contributed by atoms with van der Waals surface area (Å²) in [5, 5.41) is 6.14. The van der Waals surface area contributed by atoms with Gasteiger partial charge in [0.2, 0.25) is 5.88 Å². The Kier molecular flexibility index (Phi) is 9.63. The first-order valence-corrected chi connectivity index (χ1v) is 11.9. The van der Waals surface area contributed by atoms with Gasteiger partial charge >= 0.3 is 0 Å². The van der Waals surface area contributed by atoms with Crippen molar-refractivity contribution in [3.63, 3.8) is 0 Å². The molecule has 0 radical (unpaired) electrons. The summed E-state index contributed by atoms with van der Waals surface area (Å²) in [5.74, 6) is 1.80. The van der Waals surface area contributed by atoms with Gasteiger partial charge in [0.1, 0.15) is 11.5 Å². The molecule has 1 aromatic heterocycles. The molecule has 2 atom stereocenters. The van der Waals surface area contributed by atoms with E-state index in [1.165, 1.54) is 0 Å². The fourth-order valence-electron chi connectivity index (χ4n) is 3.38. The third kappa shape index (κ3) is 7.03. The summed E-state index contributed by atoms with van der Waals surface area (Å²) in [6, 6.07) is 18.8. The van der Waals surface area contributed by atoms with Crippen LogP contribution in [0.15, 0.2) is 60.7 Å². The SMILES string of the molecule is COc1cccc(OC)c1CNC(=O)C(C)Oc1nc(-c2ccccc2)ccc1NCC(N)CS. The Bertz CT molecular complexity index is 1090. The van der Waals surface area contributed by atoms with E-state index in [4.69, 9.17) is 19.9 Å². The largest absolute Gasteiger partial charge is 0.496 e.